The first-order valence-electron chi connectivity index (χ1n) is 8.11. The van der Waals surface area contributed by atoms with E-state index in [9.17, 15) is 9.18 Å². The van der Waals surface area contributed by atoms with Gasteiger partial charge in [0.15, 0.2) is 0 Å². The summed E-state index contributed by atoms with van der Waals surface area (Å²) in [4.78, 5) is 13.9. The highest BCUT2D eigenvalue weighted by Crippen LogP contribution is 2.21. The summed E-state index contributed by atoms with van der Waals surface area (Å²) in [5.41, 5.74) is 1.23. The highest BCUT2D eigenvalue weighted by Gasteiger charge is 2.15. The summed E-state index contributed by atoms with van der Waals surface area (Å²) in [6.45, 7) is 0.204. The molecule has 0 saturated carbocycles. The van der Waals surface area contributed by atoms with Gasteiger partial charge in [0.1, 0.15) is 11.6 Å². The molecular weight excluding hydrogens is 369 g/mol. The first-order chi connectivity index (χ1) is 13.1. The molecule has 0 unspecified atom stereocenters. The van der Waals surface area contributed by atoms with Crippen molar-refractivity contribution in [3.8, 4) is 11.4 Å². The van der Waals surface area contributed by atoms with Crippen LogP contribution in [0.15, 0.2) is 53.7 Å². The molecule has 27 heavy (non-hydrogen) atoms. The van der Waals surface area contributed by atoms with Crippen molar-refractivity contribution in [3.63, 3.8) is 0 Å². The van der Waals surface area contributed by atoms with Crippen LogP contribution in [0.3, 0.4) is 0 Å². The zero-order valence-corrected chi connectivity index (χ0v) is 15.7. The summed E-state index contributed by atoms with van der Waals surface area (Å²) in [5, 5.41) is 12.1. The normalized spacial score (nSPS) is 10.6. The molecule has 1 amide bonds. The smallest absolute Gasteiger partial charge is 0.233 e. The molecular formula is C18H18FN5O2S. The highest BCUT2D eigenvalue weighted by atomic mass is 32.2. The molecule has 3 rings (SSSR count). The van der Waals surface area contributed by atoms with Crippen molar-refractivity contribution in [2.24, 2.45) is 0 Å². The lowest BCUT2D eigenvalue weighted by Gasteiger charge is -2.17. The zero-order chi connectivity index (χ0) is 19.2. The molecule has 0 bridgehead atoms. The number of rotatable bonds is 7. The molecule has 1 aromatic heterocycles. The number of methoxy groups -OCH3 is 1. The predicted octanol–water partition coefficient (Wildman–Crippen LogP) is 2.56. The Hall–Kier alpha value is -2.94. The van der Waals surface area contributed by atoms with Crippen LogP contribution in [-0.2, 0) is 11.3 Å². The fraction of sp³-hybridized carbons (Fsp3) is 0.222. The number of hydrogen-bond donors (Lipinski definition) is 0. The Bertz CT molecular complexity index is 916. The molecule has 7 nitrogen and oxygen atoms in total. The third-order valence-electron chi connectivity index (χ3n) is 3.87. The van der Waals surface area contributed by atoms with E-state index in [0.29, 0.717) is 10.7 Å². The molecule has 0 saturated heterocycles. The number of amides is 1. The molecule has 0 N–H and O–H groups in total. The maximum atomic E-state index is 13.7. The fourth-order valence-corrected chi connectivity index (χ4v) is 3.19. The van der Waals surface area contributed by atoms with Gasteiger partial charge in [-0.2, -0.15) is 4.68 Å². The van der Waals surface area contributed by atoms with Crippen molar-refractivity contribution in [2.45, 2.75) is 11.7 Å². The van der Waals surface area contributed by atoms with Gasteiger partial charge < -0.3 is 9.64 Å². The highest BCUT2D eigenvalue weighted by molar-refractivity contribution is 7.99. The lowest BCUT2D eigenvalue weighted by molar-refractivity contribution is -0.127. The quantitative estimate of drug-likeness (QED) is 0.580. The van der Waals surface area contributed by atoms with Crippen LogP contribution in [0.4, 0.5) is 4.39 Å². The van der Waals surface area contributed by atoms with Crippen LogP contribution in [0.2, 0.25) is 0 Å². The Balaban J connectivity index is 1.62. The molecule has 1 heterocycles. The topological polar surface area (TPSA) is 73.1 Å². The number of carbonyl (C=O) groups excluding carboxylic acids is 1. The number of aromatic nitrogens is 4. The van der Waals surface area contributed by atoms with Crippen LogP contribution in [0.1, 0.15) is 5.56 Å². The Morgan fingerprint density at radius 1 is 1.22 bits per heavy atom. The summed E-state index contributed by atoms with van der Waals surface area (Å²) < 4.78 is 20.4. The number of nitrogens with zero attached hydrogens (tertiary/aromatic N) is 5. The summed E-state index contributed by atoms with van der Waals surface area (Å²) in [7, 11) is 3.23. The molecule has 2 aromatic carbocycles. The molecule has 0 aliphatic carbocycles. The van der Waals surface area contributed by atoms with Crippen molar-refractivity contribution >= 4 is 17.7 Å². The SMILES string of the molecule is COc1ccc(-n2nnnc2SCC(=O)N(C)Cc2ccccc2F)cc1. The van der Waals surface area contributed by atoms with Crippen LogP contribution in [0.5, 0.6) is 5.75 Å². The molecule has 0 atom stereocenters. The van der Waals surface area contributed by atoms with E-state index in [-0.39, 0.29) is 24.0 Å². The standard InChI is InChI=1S/C18H18FN5O2S/c1-23(11-13-5-3-4-6-16(13)19)17(25)12-27-18-20-21-22-24(18)14-7-9-15(26-2)10-8-14/h3-10H,11-12H2,1-2H3. The second-order valence-corrected chi connectivity index (χ2v) is 6.64. The monoisotopic (exact) mass is 387 g/mol. The van der Waals surface area contributed by atoms with Gasteiger partial charge in [0.25, 0.3) is 0 Å². The lowest BCUT2D eigenvalue weighted by Crippen LogP contribution is -2.28. The van der Waals surface area contributed by atoms with Gasteiger partial charge >= 0.3 is 0 Å². The van der Waals surface area contributed by atoms with Crippen molar-refractivity contribution in [1.82, 2.24) is 25.1 Å². The third kappa shape index (κ3) is 4.62. The van der Waals surface area contributed by atoms with Crippen molar-refractivity contribution in [1.29, 1.82) is 0 Å². The predicted molar refractivity (Wildman–Crippen MR) is 99.3 cm³/mol. The van der Waals surface area contributed by atoms with Crippen molar-refractivity contribution < 1.29 is 13.9 Å². The summed E-state index contributed by atoms with van der Waals surface area (Å²) >= 11 is 1.22. The van der Waals surface area contributed by atoms with Crippen LogP contribution in [0.25, 0.3) is 5.69 Å². The minimum Gasteiger partial charge on any atom is -0.497 e. The van der Waals surface area contributed by atoms with Crippen molar-refractivity contribution in [3.05, 3.63) is 59.9 Å². The maximum Gasteiger partial charge on any atom is 0.233 e. The van der Waals surface area contributed by atoms with E-state index in [1.54, 1.807) is 49.2 Å². The molecule has 9 heteroatoms. The van der Waals surface area contributed by atoms with E-state index in [1.165, 1.54) is 22.7 Å². The van der Waals surface area contributed by atoms with Gasteiger partial charge in [-0.1, -0.05) is 30.0 Å². The van der Waals surface area contributed by atoms with Crippen LogP contribution in [0, 0.1) is 5.82 Å². The second-order valence-electron chi connectivity index (χ2n) is 5.70. The van der Waals surface area contributed by atoms with Gasteiger partial charge in [-0.25, -0.2) is 4.39 Å². The molecule has 0 radical (unpaired) electrons. The summed E-state index contributed by atoms with van der Waals surface area (Å²) in [6, 6.07) is 13.7. The zero-order valence-electron chi connectivity index (χ0n) is 14.9. The van der Waals surface area contributed by atoms with E-state index in [0.717, 1.165) is 11.4 Å². The Labute approximate surface area is 160 Å². The molecule has 3 aromatic rings. The number of halogens is 1. The largest absolute Gasteiger partial charge is 0.497 e. The van der Waals surface area contributed by atoms with Gasteiger partial charge in [-0.15, -0.1) is 5.10 Å². The number of tetrazole rings is 1. The number of thioether (sulfide) groups is 1. The van der Waals surface area contributed by atoms with Crippen molar-refractivity contribution in [2.75, 3.05) is 19.9 Å². The van der Waals surface area contributed by atoms with Gasteiger partial charge in [0.2, 0.25) is 11.1 Å². The maximum absolute atomic E-state index is 13.7. The van der Waals surface area contributed by atoms with Gasteiger partial charge in [-0.3, -0.25) is 4.79 Å². The average molecular weight is 387 g/mol. The molecule has 0 fully saturated rings. The Morgan fingerprint density at radius 3 is 2.67 bits per heavy atom. The van der Waals surface area contributed by atoms with E-state index in [2.05, 4.69) is 15.5 Å². The Morgan fingerprint density at radius 2 is 1.96 bits per heavy atom. The third-order valence-corrected chi connectivity index (χ3v) is 4.78. The fourth-order valence-electron chi connectivity index (χ4n) is 2.36. The number of carbonyl (C=O) groups is 1. The Kier molecular flexibility index (Phi) is 6.02. The molecule has 0 aliphatic rings. The van der Waals surface area contributed by atoms with E-state index in [4.69, 9.17) is 4.74 Å². The first kappa shape index (κ1) is 18.8. The number of benzene rings is 2. The first-order valence-corrected chi connectivity index (χ1v) is 9.10. The minimum absolute atomic E-state index is 0.140. The van der Waals surface area contributed by atoms with E-state index in [1.807, 2.05) is 12.1 Å². The number of ether oxygens (including phenoxy) is 1. The summed E-state index contributed by atoms with van der Waals surface area (Å²) in [6.07, 6.45) is 0. The van der Waals surface area contributed by atoms with E-state index >= 15 is 0 Å². The van der Waals surface area contributed by atoms with Gasteiger partial charge in [0, 0.05) is 19.2 Å². The molecule has 0 aliphatic heterocycles. The summed E-state index contributed by atoms with van der Waals surface area (Å²) in [5.74, 6) is 0.397. The van der Waals surface area contributed by atoms with Crippen LogP contribution >= 0.6 is 11.8 Å². The minimum atomic E-state index is -0.326. The van der Waals surface area contributed by atoms with Crippen LogP contribution in [-0.4, -0.2) is 50.9 Å². The average Bonchev–Trinajstić information content (AvgIpc) is 3.16. The van der Waals surface area contributed by atoms with Gasteiger partial charge in [0.05, 0.1) is 18.6 Å². The van der Waals surface area contributed by atoms with Gasteiger partial charge in [-0.05, 0) is 40.8 Å². The number of hydrogen-bond acceptors (Lipinski definition) is 6. The van der Waals surface area contributed by atoms with E-state index < -0.39 is 0 Å². The molecule has 140 valence electrons. The lowest BCUT2D eigenvalue weighted by atomic mass is 10.2. The second kappa shape index (κ2) is 8.63. The van der Waals surface area contributed by atoms with Crippen LogP contribution < -0.4 is 4.74 Å². The molecule has 0 spiro atoms.